The van der Waals surface area contributed by atoms with Crippen LogP contribution >= 0.6 is 0 Å². The molecule has 0 radical (unpaired) electrons. The van der Waals surface area contributed by atoms with E-state index in [9.17, 15) is 14.4 Å². The molecule has 0 aliphatic rings. The van der Waals surface area contributed by atoms with Gasteiger partial charge in [-0.25, -0.2) is 0 Å². The van der Waals surface area contributed by atoms with Crippen LogP contribution < -0.4 is 0 Å². The molecule has 328 valence electrons. The lowest BCUT2D eigenvalue weighted by Gasteiger charge is -2.18. The lowest BCUT2D eigenvalue weighted by Crippen LogP contribution is -2.30. The Morgan fingerprint density at radius 2 is 0.702 bits per heavy atom. The summed E-state index contributed by atoms with van der Waals surface area (Å²) in [7, 11) is 0. The van der Waals surface area contributed by atoms with Crippen LogP contribution in [0.2, 0.25) is 0 Å². The van der Waals surface area contributed by atoms with Crippen LogP contribution in [0.4, 0.5) is 0 Å². The van der Waals surface area contributed by atoms with Crippen LogP contribution in [-0.4, -0.2) is 37.2 Å². The summed E-state index contributed by atoms with van der Waals surface area (Å²) in [6.45, 7) is 6.43. The van der Waals surface area contributed by atoms with Gasteiger partial charge in [-0.05, 0) is 77.0 Å². The minimum absolute atomic E-state index is 0.0957. The molecule has 6 heteroatoms. The first kappa shape index (κ1) is 54.1. The summed E-state index contributed by atoms with van der Waals surface area (Å²) in [6, 6.07) is 0. The number of unbranched alkanes of at least 4 members (excludes halogenated alkanes) is 21. The number of allylic oxidation sites excluding steroid dienone is 10. The largest absolute Gasteiger partial charge is 0.462 e. The van der Waals surface area contributed by atoms with Crippen molar-refractivity contribution in [3.05, 3.63) is 60.8 Å². The minimum atomic E-state index is -0.799. The molecular formula is C51H88O6. The molecule has 0 N–H and O–H groups in total. The van der Waals surface area contributed by atoms with E-state index in [4.69, 9.17) is 14.2 Å². The van der Waals surface area contributed by atoms with Gasteiger partial charge >= 0.3 is 17.9 Å². The zero-order valence-corrected chi connectivity index (χ0v) is 37.3. The number of ether oxygens (including phenoxy) is 3. The van der Waals surface area contributed by atoms with Crippen molar-refractivity contribution >= 4 is 17.9 Å². The Kier molecular flexibility index (Phi) is 43.5. The van der Waals surface area contributed by atoms with Gasteiger partial charge in [0.05, 0.1) is 0 Å². The Hall–Kier alpha value is -2.89. The minimum Gasteiger partial charge on any atom is -0.462 e. The molecule has 0 aliphatic carbocycles. The number of esters is 3. The maximum Gasteiger partial charge on any atom is 0.306 e. The molecule has 6 nitrogen and oxygen atoms in total. The zero-order valence-electron chi connectivity index (χ0n) is 37.3. The highest BCUT2D eigenvalue weighted by Crippen LogP contribution is 2.14. The van der Waals surface area contributed by atoms with Gasteiger partial charge in [0.2, 0.25) is 0 Å². The van der Waals surface area contributed by atoms with Gasteiger partial charge in [-0.15, -0.1) is 0 Å². The molecule has 0 bridgehead atoms. The smallest absolute Gasteiger partial charge is 0.306 e. The maximum atomic E-state index is 12.7. The van der Waals surface area contributed by atoms with Gasteiger partial charge < -0.3 is 14.2 Å². The maximum absolute atomic E-state index is 12.7. The normalized spacial score (nSPS) is 12.5. The summed E-state index contributed by atoms with van der Waals surface area (Å²) in [5.74, 6) is -0.961. The van der Waals surface area contributed by atoms with Gasteiger partial charge in [0.25, 0.3) is 0 Å². The second kappa shape index (κ2) is 45.8. The molecule has 0 aliphatic heterocycles. The molecule has 1 atom stereocenters. The van der Waals surface area contributed by atoms with Gasteiger partial charge in [0.15, 0.2) is 6.10 Å². The van der Waals surface area contributed by atoms with Crippen LogP contribution in [0, 0.1) is 0 Å². The van der Waals surface area contributed by atoms with Crippen LogP contribution in [0.3, 0.4) is 0 Å². The van der Waals surface area contributed by atoms with Crippen molar-refractivity contribution in [2.45, 2.75) is 232 Å². The first-order chi connectivity index (χ1) is 28.0. The van der Waals surface area contributed by atoms with Gasteiger partial charge in [0, 0.05) is 19.3 Å². The molecule has 0 spiro atoms. The predicted molar refractivity (Wildman–Crippen MR) is 242 cm³/mol. The first-order valence-corrected chi connectivity index (χ1v) is 23.8. The lowest BCUT2D eigenvalue weighted by molar-refractivity contribution is -0.167. The molecule has 57 heavy (non-hydrogen) atoms. The molecule has 0 aromatic carbocycles. The monoisotopic (exact) mass is 797 g/mol. The Labute approximate surface area is 351 Å². The Bertz CT molecular complexity index is 1050. The lowest BCUT2D eigenvalue weighted by atomic mass is 10.1. The van der Waals surface area contributed by atoms with Crippen molar-refractivity contribution in [2.75, 3.05) is 13.2 Å². The number of hydrogen-bond acceptors (Lipinski definition) is 6. The summed E-state index contributed by atoms with van der Waals surface area (Å²) < 4.78 is 16.7. The van der Waals surface area contributed by atoms with Gasteiger partial charge in [-0.2, -0.15) is 0 Å². The average Bonchev–Trinajstić information content (AvgIpc) is 3.21. The highest BCUT2D eigenvalue weighted by molar-refractivity contribution is 5.71. The van der Waals surface area contributed by atoms with E-state index in [0.29, 0.717) is 19.3 Å². The van der Waals surface area contributed by atoms with Crippen molar-refractivity contribution in [3.63, 3.8) is 0 Å². The van der Waals surface area contributed by atoms with Crippen molar-refractivity contribution in [1.82, 2.24) is 0 Å². The molecule has 1 unspecified atom stereocenters. The van der Waals surface area contributed by atoms with E-state index in [1.807, 2.05) is 0 Å². The van der Waals surface area contributed by atoms with Crippen molar-refractivity contribution in [3.8, 4) is 0 Å². The zero-order chi connectivity index (χ0) is 41.5. The van der Waals surface area contributed by atoms with E-state index in [-0.39, 0.29) is 37.5 Å². The molecule has 0 aromatic heterocycles. The van der Waals surface area contributed by atoms with E-state index in [2.05, 4.69) is 81.5 Å². The molecule has 0 saturated heterocycles. The standard InChI is InChI=1S/C51H88O6/c1-4-7-10-13-16-19-22-23-24-25-26-27-30-32-35-38-41-44-50(53)56-47-48(57-51(54)45-42-39-36-33-29-21-18-15-12-9-6-3)46-55-49(52)43-40-37-34-31-28-20-17-14-11-8-5-2/h9,12,16,18-19,21,23-24,33,36,48H,4-8,10-11,13-15,17,20,22,25-32,34-35,37-47H2,1-3H3/b12-9-,19-16-,21-18-,24-23-,36-33-. The number of carbonyl (C=O) groups excluding carboxylic acids is 3. The molecule has 0 saturated carbocycles. The molecule has 0 aromatic rings. The fourth-order valence-corrected chi connectivity index (χ4v) is 6.44. The molecule has 0 heterocycles. The van der Waals surface area contributed by atoms with E-state index in [0.717, 1.165) is 77.0 Å². The van der Waals surface area contributed by atoms with Gasteiger partial charge in [0.1, 0.15) is 13.2 Å². The fraction of sp³-hybridized carbons (Fsp3) is 0.745. The summed E-state index contributed by atoms with van der Waals surface area (Å²) >= 11 is 0. The third kappa shape index (κ3) is 44.1. The average molecular weight is 797 g/mol. The summed E-state index contributed by atoms with van der Waals surface area (Å²) in [4.78, 5) is 37.7. The second-order valence-electron chi connectivity index (χ2n) is 15.6. The quantitative estimate of drug-likeness (QED) is 0.0265. The number of hydrogen-bond donors (Lipinski definition) is 0. The number of carbonyl (C=O) groups is 3. The van der Waals surface area contributed by atoms with Gasteiger partial charge in [-0.1, -0.05) is 191 Å². The van der Waals surface area contributed by atoms with Crippen molar-refractivity contribution in [2.24, 2.45) is 0 Å². The molecule has 0 amide bonds. The third-order valence-electron chi connectivity index (χ3n) is 10.0. The number of rotatable bonds is 42. The van der Waals surface area contributed by atoms with E-state index in [1.54, 1.807) is 0 Å². The van der Waals surface area contributed by atoms with E-state index >= 15 is 0 Å². The van der Waals surface area contributed by atoms with E-state index < -0.39 is 6.10 Å². The molecule has 0 fully saturated rings. The molecular weight excluding hydrogens is 709 g/mol. The Morgan fingerprint density at radius 1 is 0.368 bits per heavy atom. The highest BCUT2D eigenvalue weighted by Gasteiger charge is 2.19. The second-order valence-corrected chi connectivity index (χ2v) is 15.6. The van der Waals surface area contributed by atoms with Crippen LogP contribution in [0.5, 0.6) is 0 Å². The Balaban J connectivity index is 4.39. The molecule has 0 rings (SSSR count). The predicted octanol–water partition coefficient (Wildman–Crippen LogP) is 15.3. The van der Waals surface area contributed by atoms with Gasteiger partial charge in [-0.3, -0.25) is 14.4 Å². The van der Waals surface area contributed by atoms with Crippen molar-refractivity contribution < 1.29 is 28.6 Å². The summed E-state index contributed by atoms with van der Waals surface area (Å²) in [5, 5.41) is 0. The van der Waals surface area contributed by atoms with E-state index in [1.165, 1.54) is 103 Å². The Morgan fingerprint density at radius 3 is 1.16 bits per heavy atom. The van der Waals surface area contributed by atoms with Crippen LogP contribution in [0.1, 0.15) is 226 Å². The fourth-order valence-electron chi connectivity index (χ4n) is 6.44. The summed E-state index contributed by atoms with van der Waals surface area (Å²) in [5.41, 5.74) is 0. The first-order valence-electron chi connectivity index (χ1n) is 23.8. The topological polar surface area (TPSA) is 78.9 Å². The SMILES string of the molecule is CC/C=C\C/C=C\C/C=C\CCCC(=O)OC(COC(=O)CCCCCCCCC/C=C\C/C=C\CCCCC)COC(=O)CCCCCCCCCCCCC. The summed E-state index contributed by atoms with van der Waals surface area (Å²) in [6.07, 6.45) is 55.0. The van der Waals surface area contributed by atoms with Crippen molar-refractivity contribution in [1.29, 1.82) is 0 Å². The van der Waals surface area contributed by atoms with Crippen LogP contribution in [-0.2, 0) is 28.6 Å². The van der Waals surface area contributed by atoms with Crippen LogP contribution in [0.25, 0.3) is 0 Å². The van der Waals surface area contributed by atoms with Crippen LogP contribution in [0.15, 0.2) is 60.8 Å². The highest BCUT2D eigenvalue weighted by atomic mass is 16.6. The third-order valence-corrected chi connectivity index (χ3v) is 10.0.